The number of rotatable bonds is 9. The maximum absolute atomic E-state index is 12.6. The Kier molecular flexibility index (Phi) is 12.4. The Morgan fingerprint density at radius 1 is 0.957 bits per heavy atom. The van der Waals surface area contributed by atoms with Crippen LogP contribution in [0.3, 0.4) is 0 Å². The van der Waals surface area contributed by atoms with Gasteiger partial charge in [-0.3, -0.25) is 5.43 Å². The highest BCUT2D eigenvalue weighted by Gasteiger charge is 2.38. The van der Waals surface area contributed by atoms with Crippen LogP contribution < -0.4 is 20.9 Å². The lowest BCUT2D eigenvalue weighted by atomic mass is 9.82. The van der Waals surface area contributed by atoms with E-state index in [2.05, 4.69) is 30.9 Å². The molecule has 0 radical (unpaired) electrons. The highest BCUT2D eigenvalue weighted by Crippen LogP contribution is 2.30. The molecule has 1 amide bonds. The molecule has 12 nitrogen and oxygen atoms in total. The van der Waals surface area contributed by atoms with Crippen LogP contribution in [0.5, 0.6) is 0 Å². The molecule has 0 saturated heterocycles. The third-order valence-corrected chi connectivity index (χ3v) is 8.65. The number of nitrogens with one attached hydrogen (secondary N) is 4. The van der Waals surface area contributed by atoms with E-state index < -0.39 is 33.9 Å². The maximum atomic E-state index is 12.6. The minimum Gasteiger partial charge on any atom is -0.475 e. The molecule has 252 valence electrons. The van der Waals surface area contributed by atoms with Gasteiger partial charge in [0.05, 0.1) is 10.5 Å². The molecular formula is C29H36ClF3N6O6S. The number of carbonyl (C=O) groups is 2. The summed E-state index contributed by atoms with van der Waals surface area (Å²) in [5.41, 5.74) is 5.51. The zero-order chi connectivity index (χ0) is 34.1. The van der Waals surface area contributed by atoms with Gasteiger partial charge in [-0.1, -0.05) is 35.9 Å². The van der Waals surface area contributed by atoms with Gasteiger partial charge >= 0.3 is 18.2 Å². The van der Waals surface area contributed by atoms with Crippen LogP contribution in [0.1, 0.15) is 46.5 Å². The molecule has 1 fully saturated rings. The van der Waals surface area contributed by atoms with E-state index in [4.69, 9.17) is 26.2 Å². The fourth-order valence-electron chi connectivity index (χ4n) is 4.51. The van der Waals surface area contributed by atoms with Crippen molar-refractivity contribution in [2.45, 2.75) is 63.1 Å². The average molecular weight is 689 g/mol. The Morgan fingerprint density at radius 3 is 2.11 bits per heavy atom. The Bertz CT molecular complexity index is 1610. The van der Waals surface area contributed by atoms with Crippen LogP contribution in [0.2, 0.25) is 5.02 Å². The first kappa shape index (κ1) is 36.6. The number of hydrogen-bond acceptors (Lipinski definition) is 9. The van der Waals surface area contributed by atoms with E-state index in [9.17, 15) is 26.4 Å². The monoisotopic (exact) mass is 688 g/mol. The average Bonchev–Trinajstić information content (AvgIpc) is 2.97. The second-order valence-corrected chi connectivity index (χ2v) is 13.7. The predicted octanol–water partition coefficient (Wildman–Crippen LogP) is 5.96. The summed E-state index contributed by atoms with van der Waals surface area (Å²) < 4.78 is 65.0. The van der Waals surface area contributed by atoms with Crippen molar-refractivity contribution in [2.75, 3.05) is 23.8 Å². The van der Waals surface area contributed by atoms with E-state index in [1.54, 1.807) is 39.0 Å². The molecule has 17 heteroatoms. The lowest BCUT2D eigenvalue weighted by molar-refractivity contribution is -0.192. The molecule has 1 aromatic heterocycles. The summed E-state index contributed by atoms with van der Waals surface area (Å²) in [6.07, 6.45) is -1.93. The first-order valence-electron chi connectivity index (χ1n) is 14.2. The molecule has 0 aliphatic heterocycles. The predicted molar refractivity (Wildman–Crippen MR) is 167 cm³/mol. The molecule has 0 bridgehead atoms. The number of aliphatic carboxylic acids is 1. The zero-order valence-electron chi connectivity index (χ0n) is 25.3. The lowest BCUT2D eigenvalue weighted by Gasteiger charge is -2.28. The van der Waals surface area contributed by atoms with Gasteiger partial charge in [0, 0.05) is 18.5 Å². The molecule has 0 spiro atoms. The Labute approximate surface area is 269 Å². The number of nitrogens with zero attached hydrogens (tertiary/aromatic N) is 2. The smallest absolute Gasteiger partial charge is 0.475 e. The van der Waals surface area contributed by atoms with Crippen LogP contribution >= 0.6 is 11.6 Å². The summed E-state index contributed by atoms with van der Waals surface area (Å²) in [6.45, 7) is 6.46. The molecule has 1 saturated carbocycles. The summed E-state index contributed by atoms with van der Waals surface area (Å²) in [6, 6.07) is 14.0. The Balaban J connectivity index is 0.000000738. The van der Waals surface area contributed by atoms with Gasteiger partial charge < -0.3 is 15.2 Å². The Morgan fingerprint density at radius 2 is 1.52 bits per heavy atom. The van der Waals surface area contributed by atoms with Gasteiger partial charge in [0.15, 0.2) is 5.82 Å². The van der Waals surface area contributed by atoms with Gasteiger partial charge in [0.1, 0.15) is 10.5 Å². The van der Waals surface area contributed by atoms with E-state index in [0.717, 1.165) is 36.6 Å². The number of ether oxygens (including phenoxy) is 1. The van der Waals surface area contributed by atoms with Crippen LogP contribution in [0.4, 0.5) is 29.7 Å². The zero-order valence-corrected chi connectivity index (χ0v) is 26.9. The van der Waals surface area contributed by atoms with Crippen molar-refractivity contribution in [1.29, 1.82) is 0 Å². The van der Waals surface area contributed by atoms with Crippen LogP contribution in [0.25, 0.3) is 10.9 Å². The van der Waals surface area contributed by atoms with E-state index >= 15 is 0 Å². The quantitative estimate of drug-likeness (QED) is 0.169. The number of hydrazine groups is 1. The Hall–Kier alpha value is -3.89. The molecule has 1 aliphatic rings. The standard InChI is InChI=1S/C27H35ClN6O4S.C2HF3O2/c1-27(2,3)38-26(35)34-33-24-20-8-4-6-10-22(20)31-25(32-24)29-16-18-12-14-19(15-13-18)17-30-39(36,37)23-11-7-5-9-21(23)28;3-2(4,5)1(6)7/h4-11,18-19,30H,12-17H2,1-3H3,(H,34,35)(H2,29,31,32,33);(H,6,7). The number of alkyl halides is 3. The van der Waals surface area contributed by atoms with Crippen molar-refractivity contribution in [3.05, 3.63) is 53.6 Å². The number of amides is 1. The molecule has 1 heterocycles. The van der Waals surface area contributed by atoms with Gasteiger partial charge in [0.25, 0.3) is 0 Å². The topological polar surface area (TPSA) is 172 Å². The molecule has 4 rings (SSSR count). The SMILES string of the molecule is CC(C)(C)OC(=O)NNc1nc(NCC2CCC(CNS(=O)(=O)c3ccccc3Cl)CC2)nc2ccccc12.O=C(O)C(F)(F)F. The summed E-state index contributed by atoms with van der Waals surface area (Å²) in [4.78, 5) is 30.3. The van der Waals surface area contributed by atoms with E-state index in [1.807, 2.05) is 24.3 Å². The minimum absolute atomic E-state index is 0.107. The van der Waals surface area contributed by atoms with E-state index in [-0.39, 0.29) is 15.8 Å². The normalized spacial score (nSPS) is 16.9. The molecule has 1 aliphatic carbocycles. The van der Waals surface area contributed by atoms with Crippen LogP contribution in [0.15, 0.2) is 53.4 Å². The van der Waals surface area contributed by atoms with E-state index in [0.29, 0.717) is 30.8 Å². The lowest BCUT2D eigenvalue weighted by Crippen LogP contribution is -2.36. The number of benzene rings is 2. The number of para-hydroxylation sites is 1. The second kappa shape index (κ2) is 15.6. The summed E-state index contributed by atoms with van der Waals surface area (Å²) in [5.74, 6) is -1.16. The van der Waals surface area contributed by atoms with Gasteiger partial charge in [-0.15, -0.1) is 0 Å². The van der Waals surface area contributed by atoms with E-state index in [1.165, 1.54) is 6.07 Å². The third-order valence-electron chi connectivity index (χ3n) is 6.73. The van der Waals surface area contributed by atoms with Crippen LogP contribution in [0, 0.1) is 11.8 Å². The van der Waals surface area contributed by atoms with Crippen molar-refractivity contribution < 1.29 is 41.0 Å². The molecule has 46 heavy (non-hydrogen) atoms. The number of fused-ring (bicyclic) bond motifs is 1. The summed E-state index contributed by atoms with van der Waals surface area (Å²) in [7, 11) is -3.64. The fraction of sp³-hybridized carbons (Fsp3) is 0.448. The van der Waals surface area contributed by atoms with Gasteiger partial charge in [-0.25, -0.2) is 33.1 Å². The molecule has 2 aromatic carbocycles. The molecule has 0 atom stereocenters. The van der Waals surface area contributed by atoms with Crippen molar-refractivity contribution in [1.82, 2.24) is 20.1 Å². The number of carboxylic acid groups (broad SMARTS) is 1. The fourth-order valence-corrected chi connectivity index (χ4v) is 6.14. The van der Waals surface area contributed by atoms with Crippen molar-refractivity contribution in [2.24, 2.45) is 11.8 Å². The van der Waals surface area contributed by atoms with Gasteiger partial charge in [-0.2, -0.15) is 18.2 Å². The van der Waals surface area contributed by atoms with Crippen molar-refractivity contribution in [3.63, 3.8) is 0 Å². The summed E-state index contributed by atoms with van der Waals surface area (Å²) >= 11 is 6.07. The number of halogens is 4. The summed E-state index contributed by atoms with van der Waals surface area (Å²) in [5, 5.41) is 11.4. The third kappa shape index (κ3) is 11.5. The van der Waals surface area contributed by atoms with Gasteiger partial charge in [0.2, 0.25) is 16.0 Å². The molecule has 0 unspecified atom stereocenters. The highest BCUT2D eigenvalue weighted by atomic mass is 35.5. The number of sulfonamides is 1. The number of anilines is 2. The largest absolute Gasteiger partial charge is 0.490 e. The maximum Gasteiger partial charge on any atom is 0.490 e. The number of carbonyl (C=O) groups excluding carboxylic acids is 1. The minimum atomic E-state index is -5.08. The highest BCUT2D eigenvalue weighted by molar-refractivity contribution is 7.89. The molecule has 5 N–H and O–H groups in total. The molecular weight excluding hydrogens is 653 g/mol. The first-order valence-corrected chi connectivity index (χ1v) is 16.1. The van der Waals surface area contributed by atoms with Crippen LogP contribution in [-0.4, -0.2) is 60.4 Å². The number of aromatic nitrogens is 2. The second-order valence-electron chi connectivity index (χ2n) is 11.5. The van der Waals surface area contributed by atoms with Crippen molar-refractivity contribution >= 4 is 56.4 Å². The van der Waals surface area contributed by atoms with Crippen molar-refractivity contribution in [3.8, 4) is 0 Å². The van der Waals surface area contributed by atoms with Gasteiger partial charge in [-0.05, 0) is 82.6 Å². The molecule has 3 aromatic rings. The number of carboxylic acids is 1. The van der Waals surface area contributed by atoms with Crippen LogP contribution in [-0.2, 0) is 19.6 Å². The first-order chi connectivity index (χ1) is 21.4. The number of hydrogen-bond donors (Lipinski definition) is 5.